The van der Waals surface area contributed by atoms with E-state index in [1.807, 2.05) is 12.1 Å². The first kappa shape index (κ1) is 21.0. The lowest BCUT2D eigenvalue weighted by atomic mass is 9.78. The van der Waals surface area contributed by atoms with Crippen molar-refractivity contribution in [3.05, 3.63) is 63.7 Å². The topological polar surface area (TPSA) is 61.7 Å². The monoisotopic (exact) mass is 386 g/mol. The molecule has 0 saturated heterocycles. The molecule has 0 atom stereocenters. The Bertz CT molecular complexity index is 840. The second-order valence-corrected chi connectivity index (χ2v) is 9.05. The van der Waals surface area contributed by atoms with Gasteiger partial charge < -0.3 is 5.11 Å². The number of aromatic hydroxyl groups is 1. The number of phenols is 1. The molecule has 0 spiro atoms. The van der Waals surface area contributed by atoms with Crippen LogP contribution in [0.5, 0.6) is 5.75 Å². The Balaban J connectivity index is 2.34. The van der Waals surface area contributed by atoms with Crippen LogP contribution in [0.15, 0.2) is 41.5 Å². The molecule has 1 amide bonds. The van der Waals surface area contributed by atoms with Gasteiger partial charge in [0.15, 0.2) is 0 Å². The number of hydrogen-bond donors (Lipinski definition) is 2. The van der Waals surface area contributed by atoms with Gasteiger partial charge in [-0.2, -0.15) is 5.10 Å². The maximum absolute atomic E-state index is 12.2. The van der Waals surface area contributed by atoms with Gasteiger partial charge in [0, 0.05) is 11.1 Å². The number of phenolic OH excluding ortho intramolecular Hbond substituents is 1. The lowest BCUT2D eigenvalue weighted by Crippen LogP contribution is -2.19. The number of carbonyl (C=O) groups excluding carboxylic acids is 1. The number of hydrogen-bond acceptors (Lipinski definition) is 3. The highest BCUT2D eigenvalue weighted by Crippen LogP contribution is 2.39. The van der Waals surface area contributed by atoms with Crippen molar-refractivity contribution in [3.8, 4) is 5.75 Å². The summed E-state index contributed by atoms with van der Waals surface area (Å²) < 4.78 is 0. The van der Waals surface area contributed by atoms with Gasteiger partial charge in [0.25, 0.3) is 5.91 Å². The van der Waals surface area contributed by atoms with Gasteiger partial charge >= 0.3 is 0 Å². The van der Waals surface area contributed by atoms with Gasteiger partial charge in [-0.15, -0.1) is 0 Å². The van der Waals surface area contributed by atoms with E-state index in [-0.39, 0.29) is 16.7 Å². The first-order chi connectivity index (χ1) is 12.4. The zero-order valence-electron chi connectivity index (χ0n) is 16.7. The Morgan fingerprint density at radius 2 is 1.56 bits per heavy atom. The molecule has 0 radical (unpaired) electrons. The SMILES string of the molecule is CC(C)(C)c1cc(/C=N\NC(=O)c2ccccc2Cl)cc(C(C)(C)C)c1O. The number of nitrogens with zero attached hydrogens (tertiary/aromatic N) is 1. The first-order valence-electron chi connectivity index (χ1n) is 8.87. The molecule has 5 heteroatoms. The van der Waals surface area contributed by atoms with Gasteiger partial charge in [-0.25, -0.2) is 5.43 Å². The molecule has 0 unspecified atom stereocenters. The van der Waals surface area contributed by atoms with Crippen molar-refractivity contribution in [2.75, 3.05) is 0 Å². The van der Waals surface area contributed by atoms with Crippen molar-refractivity contribution in [3.63, 3.8) is 0 Å². The number of rotatable bonds is 3. The largest absolute Gasteiger partial charge is 0.507 e. The summed E-state index contributed by atoms with van der Waals surface area (Å²) in [6.07, 6.45) is 1.58. The number of nitrogens with one attached hydrogen (secondary N) is 1. The average molecular weight is 387 g/mol. The van der Waals surface area contributed by atoms with Crippen LogP contribution in [0.2, 0.25) is 5.02 Å². The molecule has 4 nitrogen and oxygen atoms in total. The lowest BCUT2D eigenvalue weighted by Gasteiger charge is -2.27. The van der Waals surface area contributed by atoms with E-state index in [2.05, 4.69) is 52.1 Å². The van der Waals surface area contributed by atoms with Crippen molar-refractivity contribution < 1.29 is 9.90 Å². The molecule has 0 aliphatic carbocycles. The van der Waals surface area contributed by atoms with E-state index < -0.39 is 0 Å². The fourth-order valence-corrected chi connectivity index (χ4v) is 2.97. The fraction of sp³-hybridized carbons (Fsp3) is 0.364. The molecular formula is C22H27ClN2O2. The summed E-state index contributed by atoms with van der Waals surface area (Å²) in [6, 6.07) is 10.6. The van der Waals surface area contributed by atoms with Gasteiger partial charge in [0.1, 0.15) is 5.75 Å². The highest BCUT2D eigenvalue weighted by Gasteiger charge is 2.26. The summed E-state index contributed by atoms with van der Waals surface area (Å²) in [5.74, 6) is -0.0602. The number of carbonyl (C=O) groups is 1. The third-order valence-electron chi connectivity index (χ3n) is 4.25. The third-order valence-corrected chi connectivity index (χ3v) is 4.58. The summed E-state index contributed by atoms with van der Waals surface area (Å²) in [4.78, 5) is 12.2. The Hall–Kier alpha value is -2.33. The summed E-state index contributed by atoms with van der Waals surface area (Å²) in [5, 5.41) is 15.2. The second-order valence-electron chi connectivity index (χ2n) is 8.64. The van der Waals surface area contributed by atoms with Crippen LogP contribution in [0, 0.1) is 0 Å². The normalized spacial score (nSPS) is 12.4. The van der Waals surface area contributed by atoms with Gasteiger partial charge in [0.2, 0.25) is 0 Å². The van der Waals surface area contributed by atoms with Crippen LogP contribution in [0.3, 0.4) is 0 Å². The lowest BCUT2D eigenvalue weighted by molar-refractivity contribution is 0.0955. The molecular weight excluding hydrogens is 360 g/mol. The van der Waals surface area contributed by atoms with E-state index in [4.69, 9.17) is 11.6 Å². The minimum absolute atomic E-state index is 0.227. The van der Waals surface area contributed by atoms with E-state index >= 15 is 0 Å². The maximum atomic E-state index is 12.2. The molecule has 0 bridgehead atoms. The van der Waals surface area contributed by atoms with Crippen molar-refractivity contribution in [1.82, 2.24) is 5.43 Å². The van der Waals surface area contributed by atoms with Crippen molar-refractivity contribution in [1.29, 1.82) is 0 Å². The van der Waals surface area contributed by atoms with Crippen LogP contribution in [-0.4, -0.2) is 17.2 Å². The summed E-state index contributed by atoms with van der Waals surface area (Å²) >= 11 is 6.03. The Morgan fingerprint density at radius 3 is 2.04 bits per heavy atom. The predicted molar refractivity (Wildman–Crippen MR) is 112 cm³/mol. The molecule has 27 heavy (non-hydrogen) atoms. The molecule has 0 aliphatic heterocycles. The number of amides is 1. The Kier molecular flexibility index (Phi) is 6.01. The van der Waals surface area contributed by atoms with E-state index in [1.54, 1.807) is 30.5 Å². The zero-order valence-corrected chi connectivity index (χ0v) is 17.5. The standard InChI is InChI=1S/C22H27ClN2O2/c1-21(2,3)16-11-14(12-17(19(16)26)22(4,5)6)13-24-25-20(27)15-9-7-8-10-18(15)23/h7-13,26H,1-6H3,(H,25,27)/b24-13-. The smallest absolute Gasteiger partial charge is 0.272 e. The van der Waals surface area contributed by atoms with Crippen LogP contribution >= 0.6 is 11.6 Å². The summed E-state index contributed by atoms with van der Waals surface area (Å²) in [7, 11) is 0. The van der Waals surface area contributed by atoms with E-state index in [1.165, 1.54) is 0 Å². The molecule has 144 valence electrons. The van der Waals surface area contributed by atoms with Crippen LogP contribution in [0.25, 0.3) is 0 Å². The molecule has 0 aliphatic rings. The van der Waals surface area contributed by atoms with E-state index in [9.17, 15) is 9.90 Å². The summed E-state index contributed by atoms with van der Waals surface area (Å²) in [5.41, 5.74) is 4.91. The Morgan fingerprint density at radius 1 is 1.04 bits per heavy atom. The van der Waals surface area contributed by atoms with Gasteiger partial charge in [0.05, 0.1) is 16.8 Å². The highest BCUT2D eigenvalue weighted by molar-refractivity contribution is 6.33. The quantitative estimate of drug-likeness (QED) is 0.547. The number of benzene rings is 2. The number of halogens is 1. The zero-order chi connectivity index (χ0) is 20.4. The molecule has 2 N–H and O–H groups in total. The molecule has 2 aromatic carbocycles. The maximum Gasteiger partial charge on any atom is 0.272 e. The minimum atomic E-state index is -0.372. The Labute approximate surface area is 166 Å². The van der Waals surface area contributed by atoms with Crippen molar-refractivity contribution in [2.45, 2.75) is 52.4 Å². The van der Waals surface area contributed by atoms with Gasteiger partial charge in [-0.3, -0.25) is 4.79 Å². The molecule has 2 aromatic rings. The first-order valence-corrected chi connectivity index (χ1v) is 9.25. The van der Waals surface area contributed by atoms with Crippen LogP contribution in [-0.2, 0) is 10.8 Å². The highest BCUT2D eigenvalue weighted by atomic mass is 35.5. The van der Waals surface area contributed by atoms with Gasteiger partial charge in [-0.05, 0) is 40.7 Å². The van der Waals surface area contributed by atoms with Crippen molar-refractivity contribution in [2.24, 2.45) is 5.10 Å². The van der Waals surface area contributed by atoms with Crippen LogP contribution in [0.4, 0.5) is 0 Å². The van der Waals surface area contributed by atoms with Crippen molar-refractivity contribution >= 4 is 23.7 Å². The summed E-state index contributed by atoms with van der Waals surface area (Å²) in [6.45, 7) is 12.3. The van der Waals surface area contributed by atoms with Crippen LogP contribution in [0.1, 0.15) is 68.6 Å². The third kappa shape index (κ3) is 5.10. The van der Waals surface area contributed by atoms with E-state index in [0.29, 0.717) is 16.3 Å². The average Bonchev–Trinajstić information content (AvgIpc) is 2.54. The second kappa shape index (κ2) is 7.73. The predicted octanol–water partition coefficient (Wildman–Crippen LogP) is 5.40. The van der Waals surface area contributed by atoms with Crippen LogP contribution < -0.4 is 5.43 Å². The minimum Gasteiger partial charge on any atom is -0.507 e. The molecule has 0 fully saturated rings. The molecule has 0 saturated carbocycles. The number of hydrazone groups is 1. The fourth-order valence-electron chi connectivity index (χ4n) is 2.75. The van der Waals surface area contributed by atoms with E-state index in [0.717, 1.165) is 16.7 Å². The molecule has 0 aromatic heterocycles. The molecule has 2 rings (SSSR count). The van der Waals surface area contributed by atoms with Gasteiger partial charge in [-0.1, -0.05) is 65.3 Å². The molecule has 0 heterocycles.